The van der Waals surface area contributed by atoms with Crippen LogP contribution in [0.4, 0.5) is 0 Å². The van der Waals surface area contributed by atoms with Crippen molar-refractivity contribution in [2.75, 3.05) is 0 Å². The minimum Gasteiger partial charge on any atom is -0.265 e. The normalized spacial score (nSPS) is 15.3. The molecule has 0 bridgehead atoms. The van der Waals surface area contributed by atoms with Crippen molar-refractivity contribution in [2.24, 2.45) is 0 Å². The van der Waals surface area contributed by atoms with Gasteiger partial charge in [0.1, 0.15) is 5.01 Å². The second kappa shape index (κ2) is 4.18. The van der Waals surface area contributed by atoms with Crippen LogP contribution in [0.2, 0.25) is 0 Å². The molecule has 16 heavy (non-hydrogen) atoms. The van der Waals surface area contributed by atoms with Crippen LogP contribution in [-0.4, -0.2) is 9.97 Å². The van der Waals surface area contributed by atoms with Crippen LogP contribution < -0.4 is 0 Å². The van der Waals surface area contributed by atoms with Gasteiger partial charge in [0, 0.05) is 34.5 Å². The number of thiazole rings is 1. The third kappa shape index (κ3) is 1.87. The first-order valence-electron chi connectivity index (χ1n) is 5.39. The molecule has 2 aromatic rings. The van der Waals surface area contributed by atoms with E-state index in [1.165, 1.54) is 23.4 Å². The van der Waals surface area contributed by atoms with Gasteiger partial charge >= 0.3 is 0 Å². The Kier molecular flexibility index (Phi) is 2.69. The lowest BCUT2D eigenvalue weighted by molar-refractivity contribution is 1.03. The lowest BCUT2D eigenvalue weighted by atomic mass is 10.2. The van der Waals surface area contributed by atoms with E-state index in [0.29, 0.717) is 5.92 Å². The first kappa shape index (κ1) is 10.3. The van der Waals surface area contributed by atoms with E-state index < -0.39 is 0 Å². The Morgan fingerprint density at radius 3 is 2.69 bits per heavy atom. The van der Waals surface area contributed by atoms with E-state index in [2.05, 4.69) is 17.6 Å². The molecular weight excluding hydrogens is 236 g/mol. The summed E-state index contributed by atoms with van der Waals surface area (Å²) < 4.78 is 0. The second-order valence-corrected chi connectivity index (χ2v) is 5.40. The minimum atomic E-state index is 0.703. The summed E-state index contributed by atoms with van der Waals surface area (Å²) in [5, 5.41) is 1.10. The summed E-state index contributed by atoms with van der Waals surface area (Å²) in [4.78, 5) is 10.1. The Morgan fingerprint density at radius 2 is 2.06 bits per heavy atom. The van der Waals surface area contributed by atoms with Crippen LogP contribution in [0.15, 0.2) is 24.5 Å². The van der Waals surface area contributed by atoms with Gasteiger partial charge in [-0.05, 0) is 25.0 Å². The third-order valence-corrected chi connectivity index (χ3v) is 4.41. The Balaban J connectivity index is 2.02. The molecule has 0 saturated heterocycles. The first-order chi connectivity index (χ1) is 7.88. The van der Waals surface area contributed by atoms with E-state index >= 15 is 0 Å². The van der Waals surface area contributed by atoms with E-state index in [1.54, 1.807) is 11.3 Å². The molecule has 0 unspecified atom stereocenters. The number of rotatable bonds is 3. The average molecular weight is 248 g/mol. The highest BCUT2D eigenvalue weighted by Gasteiger charge is 2.29. The number of hydrogen-bond donors (Lipinski definition) is 1. The number of pyridine rings is 1. The molecule has 1 fully saturated rings. The van der Waals surface area contributed by atoms with Crippen molar-refractivity contribution in [3.63, 3.8) is 0 Å². The fourth-order valence-electron chi connectivity index (χ4n) is 1.77. The molecule has 0 radical (unpaired) electrons. The maximum atomic E-state index is 4.76. The molecule has 0 amide bonds. The predicted molar refractivity (Wildman–Crippen MR) is 70.0 cm³/mol. The van der Waals surface area contributed by atoms with Crippen molar-refractivity contribution >= 4 is 24.0 Å². The zero-order chi connectivity index (χ0) is 11.0. The summed E-state index contributed by atoms with van der Waals surface area (Å²) in [5.74, 6) is 1.50. The van der Waals surface area contributed by atoms with Gasteiger partial charge in [-0.1, -0.05) is 0 Å². The van der Waals surface area contributed by atoms with Crippen LogP contribution >= 0.6 is 24.0 Å². The molecule has 1 aliphatic rings. The molecular formula is C12H12N2S2. The topological polar surface area (TPSA) is 25.8 Å². The Morgan fingerprint density at radius 1 is 1.31 bits per heavy atom. The van der Waals surface area contributed by atoms with Crippen LogP contribution in [0.25, 0.3) is 10.6 Å². The lowest BCUT2D eigenvalue weighted by Gasteiger charge is -1.93. The highest BCUT2D eigenvalue weighted by atomic mass is 32.1. The summed E-state index contributed by atoms with van der Waals surface area (Å²) >= 11 is 6.15. The van der Waals surface area contributed by atoms with E-state index in [1.807, 2.05) is 24.5 Å². The van der Waals surface area contributed by atoms with Gasteiger partial charge in [-0.15, -0.1) is 11.3 Å². The van der Waals surface area contributed by atoms with E-state index in [4.69, 9.17) is 4.98 Å². The van der Waals surface area contributed by atoms with E-state index in [0.717, 1.165) is 16.3 Å². The van der Waals surface area contributed by atoms with Gasteiger partial charge in [0.25, 0.3) is 0 Å². The fraction of sp³-hybridized carbons (Fsp3) is 0.333. The molecule has 2 aromatic heterocycles. The largest absolute Gasteiger partial charge is 0.265 e. The van der Waals surface area contributed by atoms with Crippen LogP contribution in [0.3, 0.4) is 0 Å². The Hall–Kier alpha value is -0.870. The number of aromatic nitrogens is 2. The van der Waals surface area contributed by atoms with Gasteiger partial charge in [0.05, 0.1) is 5.69 Å². The highest BCUT2D eigenvalue weighted by Crippen LogP contribution is 2.44. The molecule has 82 valence electrons. The lowest BCUT2D eigenvalue weighted by Crippen LogP contribution is -1.84. The zero-order valence-electron chi connectivity index (χ0n) is 8.76. The number of hydrogen-bond acceptors (Lipinski definition) is 4. The van der Waals surface area contributed by atoms with E-state index in [9.17, 15) is 0 Å². The van der Waals surface area contributed by atoms with Crippen LogP contribution in [0.1, 0.15) is 29.3 Å². The molecule has 0 N–H and O–H groups in total. The molecule has 0 aromatic carbocycles. The third-order valence-electron chi connectivity index (χ3n) is 2.76. The summed E-state index contributed by atoms with van der Waals surface area (Å²) in [6.45, 7) is 0. The molecule has 2 nitrogen and oxygen atoms in total. The average Bonchev–Trinajstić information content (AvgIpc) is 3.10. The van der Waals surface area contributed by atoms with Crippen molar-refractivity contribution in [3.05, 3.63) is 35.1 Å². The fourth-order valence-corrected chi connectivity index (χ4v) is 3.14. The van der Waals surface area contributed by atoms with Gasteiger partial charge < -0.3 is 0 Å². The zero-order valence-corrected chi connectivity index (χ0v) is 10.5. The van der Waals surface area contributed by atoms with Crippen molar-refractivity contribution in [2.45, 2.75) is 24.5 Å². The SMILES string of the molecule is SCc1sc(-c2ccncc2)nc1C1CC1. The highest BCUT2D eigenvalue weighted by molar-refractivity contribution is 7.79. The van der Waals surface area contributed by atoms with Crippen molar-refractivity contribution in [3.8, 4) is 10.6 Å². The smallest absolute Gasteiger partial charge is 0.124 e. The standard InChI is InChI=1S/C12H12N2S2/c15-7-10-11(8-1-2-8)14-12(16-10)9-3-5-13-6-4-9/h3-6,8,15H,1-2,7H2. The van der Waals surface area contributed by atoms with Gasteiger partial charge in [0.15, 0.2) is 0 Å². The molecule has 3 rings (SSSR count). The monoisotopic (exact) mass is 248 g/mol. The molecule has 2 heterocycles. The molecule has 0 spiro atoms. The summed E-state index contributed by atoms with van der Waals surface area (Å²) in [5.41, 5.74) is 2.45. The van der Waals surface area contributed by atoms with E-state index in [-0.39, 0.29) is 0 Å². The molecule has 1 aliphatic carbocycles. The Labute approximate surface area is 104 Å². The maximum Gasteiger partial charge on any atom is 0.124 e. The molecule has 0 atom stereocenters. The number of thiol groups is 1. The van der Waals surface area contributed by atoms with Gasteiger partial charge in [-0.25, -0.2) is 4.98 Å². The van der Waals surface area contributed by atoms with Crippen LogP contribution in [0.5, 0.6) is 0 Å². The predicted octanol–water partition coefficient (Wildman–Crippen LogP) is 3.51. The maximum absolute atomic E-state index is 4.76. The number of nitrogens with zero attached hydrogens (tertiary/aromatic N) is 2. The van der Waals surface area contributed by atoms with Crippen molar-refractivity contribution < 1.29 is 0 Å². The van der Waals surface area contributed by atoms with Crippen molar-refractivity contribution in [1.29, 1.82) is 0 Å². The first-order valence-corrected chi connectivity index (χ1v) is 6.84. The quantitative estimate of drug-likeness (QED) is 0.841. The summed E-state index contributed by atoms with van der Waals surface area (Å²) in [6, 6.07) is 4.02. The molecule has 1 saturated carbocycles. The van der Waals surface area contributed by atoms with Gasteiger partial charge in [0.2, 0.25) is 0 Å². The van der Waals surface area contributed by atoms with Crippen LogP contribution in [0, 0.1) is 0 Å². The molecule has 0 aliphatic heterocycles. The summed E-state index contributed by atoms with van der Waals surface area (Å²) in [7, 11) is 0. The van der Waals surface area contributed by atoms with Gasteiger partial charge in [-0.2, -0.15) is 12.6 Å². The second-order valence-electron chi connectivity index (χ2n) is 4.00. The Bertz CT molecular complexity index is 489. The van der Waals surface area contributed by atoms with Crippen LogP contribution in [-0.2, 0) is 5.75 Å². The minimum absolute atomic E-state index is 0.703. The summed E-state index contributed by atoms with van der Waals surface area (Å²) in [6.07, 6.45) is 6.21. The van der Waals surface area contributed by atoms with Gasteiger partial charge in [-0.3, -0.25) is 4.98 Å². The van der Waals surface area contributed by atoms with Crippen molar-refractivity contribution in [1.82, 2.24) is 9.97 Å². The molecule has 4 heteroatoms.